The van der Waals surface area contributed by atoms with E-state index in [1.807, 2.05) is 7.05 Å². The summed E-state index contributed by atoms with van der Waals surface area (Å²) in [5.41, 5.74) is 0. The summed E-state index contributed by atoms with van der Waals surface area (Å²) in [7, 11) is 2.02. The summed E-state index contributed by atoms with van der Waals surface area (Å²) in [6.07, 6.45) is 5.46. The van der Waals surface area contributed by atoms with E-state index in [0.717, 1.165) is 25.2 Å². The van der Waals surface area contributed by atoms with Gasteiger partial charge in [0.25, 0.3) is 0 Å². The van der Waals surface area contributed by atoms with Crippen molar-refractivity contribution in [2.24, 2.45) is 0 Å². The first-order valence-corrected chi connectivity index (χ1v) is 6.85. The predicted octanol–water partition coefficient (Wildman–Crippen LogP) is 2.88. The van der Waals surface area contributed by atoms with Crippen LogP contribution in [0.15, 0.2) is 12.4 Å². The number of ether oxygens (including phenoxy) is 1. The highest BCUT2D eigenvalue weighted by molar-refractivity contribution is 9.09. The number of aromatic nitrogens is 2. The molecule has 1 aromatic rings. The van der Waals surface area contributed by atoms with E-state index in [2.05, 4.69) is 44.6 Å². The van der Waals surface area contributed by atoms with Gasteiger partial charge in [-0.05, 0) is 12.8 Å². The second-order valence-electron chi connectivity index (χ2n) is 4.05. The third-order valence-electron chi connectivity index (χ3n) is 2.31. The van der Waals surface area contributed by atoms with Crippen molar-refractivity contribution < 1.29 is 4.74 Å². The highest BCUT2D eigenvalue weighted by Gasteiger charge is 2.06. The van der Waals surface area contributed by atoms with Gasteiger partial charge in [0.2, 0.25) is 5.88 Å². The van der Waals surface area contributed by atoms with Gasteiger partial charge in [-0.1, -0.05) is 29.8 Å². The minimum atomic E-state index is 0.512. The topological polar surface area (TPSA) is 38.2 Å². The number of anilines is 1. The first-order valence-electron chi connectivity index (χ1n) is 5.93. The lowest BCUT2D eigenvalue weighted by atomic mass is 10.3. The van der Waals surface area contributed by atoms with Gasteiger partial charge in [0, 0.05) is 18.4 Å². The summed E-state index contributed by atoms with van der Waals surface area (Å²) in [6, 6.07) is 0. The number of hydrogen-bond acceptors (Lipinski definition) is 4. The molecule has 0 aliphatic heterocycles. The molecule has 0 saturated heterocycles. The summed E-state index contributed by atoms with van der Waals surface area (Å²) in [4.78, 5) is 11.2. The highest BCUT2D eigenvalue weighted by Crippen LogP contribution is 2.14. The maximum atomic E-state index is 5.46. The van der Waals surface area contributed by atoms with E-state index >= 15 is 0 Å². The van der Waals surface area contributed by atoms with Crippen molar-refractivity contribution >= 4 is 21.7 Å². The van der Waals surface area contributed by atoms with Gasteiger partial charge in [0.05, 0.1) is 19.0 Å². The first kappa shape index (κ1) is 14.2. The van der Waals surface area contributed by atoms with E-state index in [-0.39, 0.29) is 0 Å². The van der Waals surface area contributed by atoms with Gasteiger partial charge in [-0.3, -0.25) is 4.98 Å². The third kappa shape index (κ3) is 5.35. The zero-order valence-corrected chi connectivity index (χ0v) is 12.3. The molecule has 0 saturated carbocycles. The van der Waals surface area contributed by atoms with Crippen molar-refractivity contribution in [3.05, 3.63) is 12.4 Å². The molecule has 0 aliphatic rings. The third-order valence-corrected chi connectivity index (χ3v) is 2.77. The second-order valence-corrected chi connectivity index (χ2v) is 5.62. The molecular weight excluding hydrogens is 282 g/mol. The number of nitrogens with zero attached hydrogens (tertiary/aromatic N) is 3. The van der Waals surface area contributed by atoms with Gasteiger partial charge >= 0.3 is 0 Å². The maximum absolute atomic E-state index is 5.46. The van der Waals surface area contributed by atoms with Crippen molar-refractivity contribution in [2.75, 3.05) is 25.1 Å². The van der Waals surface area contributed by atoms with Gasteiger partial charge in [-0.15, -0.1) is 0 Å². The molecule has 5 heteroatoms. The zero-order valence-electron chi connectivity index (χ0n) is 10.7. The van der Waals surface area contributed by atoms with Crippen LogP contribution in [0, 0.1) is 0 Å². The number of alkyl halides is 1. The Balaban J connectivity index is 2.57. The van der Waals surface area contributed by atoms with Crippen LogP contribution in [-0.4, -0.2) is 35.0 Å². The van der Waals surface area contributed by atoms with Crippen molar-refractivity contribution in [2.45, 2.75) is 31.5 Å². The van der Waals surface area contributed by atoms with Crippen LogP contribution < -0.4 is 9.64 Å². The molecule has 1 unspecified atom stereocenters. The van der Waals surface area contributed by atoms with Gasteiger partial charge in [-0.25, -0.2) is 0 Å². The summed E-state index contributed by atoms with van der Waals surface area (Å²) in [5, 5.41) is 0. The van der Waals surface area contributed by atoms with E-state index in [1.165, 1.54) is 0 Å². The minimum Gasteiger partial charge on any atom is -0.477 e. The molecule has 1 aromatic heterocycles. The van der Waals surface area contributed by atoms with Crippen molar-refractivity contribution in [1.29, 1.82) is 0 Å². The molecule has 0 fully saturated rings. The predicted molar refractivity (Wildman–Crippen MR) is 74.1 cm³/mol. The lowest BCUT2D eigenvalue weighted by Gasteiger charge is -2.18. The quantitative estimate of drug-likeness (QED) is 0.726. The molecule has 17 heavy (non-hydrogen) atoms. The summed E-state index contributed by atoms with van der Waals surface area (Å²) in [6.45, 7) is 5.83. The standard InChI is InChI=1S/C12H20BrN3O/c1-4-7-17-12-9-14-8-11(15-12)16(3)6-5-10(2)13/h8-10H,4-7H2,1-3H3. The molecule has 0 aliphatic carbocycles. The van der Waals surface area contributed by atoms with E-state index in [4.69, 9.17) is 4.74 Å². The molecule has 0 bridgehead atoms. The van der Waals surface area contributed by atoms with Gasteiger partial charge in [0.1, 0.15) is 0 Å². The Morgan fingerprint density at radius 2 is 2.24 bits per heavy atom. The molecule has 1 atom stereocenters. The fourth-order valence-electron chi connectivity index (χ4n) is 1.28. The SMILES string of the molecule is CCCOc1cncc(N(C)CCC(C)Br)n1. The number of halogens is 1. The first-order chi connectivity index (χ1) is 8.13. The van der Waals surface area contributed by atoms with Crippen LogP contribution in [0.25, 0.3) is 0 Å². The Kier molecular flexibility index (Phi) is 6.26. The number of hydrogen-bond donors (Lipinski definition) is 0. The molecule has 0 aromatic carbocycles. The van der Waals surface area contributed by atoms with Crippen LogP contribution in [0.3, 0.4) is 0 Å². The van der Waals surface area contributed by atoms with E-state index in [0.29, 0.717) is 17.3 Å². The van der Waals surface area contributed by atoms with Crippen molar-refractivity contribution in [3.63, 3.8) is 0 Å². The summed E-state index contributed by atoms with van der Waals surface area (Å²) >= 11 is 3.54. The minimum absolute atomic E-state index is 0.512. The van der Waals surface area contributed by atoms with E-state index in [9.17, 15) is 0 Å². The number of rotatable bonds is 7. The van der Waals surface area contributed by atoms with Crippen molar-refractivity contribution in [3.8, 4) is 5.88 Å². The lowest BCUT2D eigenvalue weighted by molar-refractivity contribution is 0.304. The average Bonchev–Trinajstić information content (AvgIpc) is 2.33. The van der Waals surface area contributed by atoms with Crippen LogP contribution in [0.4, 0.5) is 5.82 Å². The molecule has 0 spiro atoms. The Bertz CT molecular complexity index is 333. The van der Waals surface area contributed by atoms with Gasteiger partial charge < -0.3 is 9.64 Å². The molecule has 0 radical (unpaired) electrons. The van der Waals surface area contributed by atoms with Crippen LogP contribution in [-0.2, 0) is 0 Å². The monoisotopic (exact) mass is 301 g/mol. The molecule has 0 N–H and O–H groups in total. The molecule has 4 nitrogen and oxygen atoms in total. The van der Waals surface area contributed by atoms with Gasteiger partial charge in [-0.2, -0.15) is 4.98 Å². The van der Waals surface area contributed by atoms with Crippen LogP contribution >= 0.6 is 15.9 Å². The lowest BCUT2D eigenvalue weighted by Crippen LogP contribution is -2.21. The maximum Gasteiger partial charge on any atom is 0.234 e. The average molecular weight is 302 g/mol. The fraction of sp³-hybridized carbons (Fsp3) is 0.667. The Hall–Kier alpha value is -0.840. The van der Waals surface area contributed by atoms with Crippen molar-refractivity contribution in [1.82, 2.24) is 9.97 Å². The smallest absolute Gasteiger partial charge is 0.234 e. The Morgan fingerprint density at radius 1 is 1.47 bits per heavy atom. The zero-order chi connectivity index (χ0) is 12.7. The molecular formula is C12H20BrN3O. The normalized spacial score (nSPS) is 12.2. The molecule has 96 valence electrons. The van der Waals surface area contributed by atoms with Crippen LogP contribution in [0.5, 0.6) is 5.88 Å². The largest absolute Gasteiger partial charge is 0.477 e. The van der Waals surface area contributed by atoms with Gasteiger partial charge in [0.15, 0.2) is 5.82 Å². The summed E-state index contributed by atoms with van der Waals surface area (Å²) in [5.74, 6) is 1.45. The van der Waals surface area contributed by atoms with Crippen LogP contribution in [0.1, 0.15) is 26.7 Å². The fourth-order valence-corrected chi connectivity index (χ4v) is 1.49. The molecule has 1 rings (SSSR count). The molecule has 0 amide bonds. The Morgan fingerprint density at radius 3 is 2.88 bits per heavy atom. The highest BCUT2D eigenvalue weighted by atomic mass is 79.9. The van der Waals surface area contributed by atoms with Crippen LogP contribution in [0.2, 0.25) is 0 Å². The summed E-state index contributed by atoms with van der Waals surface area (Å²) < 4.78 is 5.46. The Labute approximate surface area is 112 Å². The second kappa shape index (κ2) is 7.48. The van der Waals surface area contributed by atoms with E-state index < -0.39 is 0 Å². The van der Waals surface area contributed by atoms with E-state index in [1.54, 1.807) is 12.4 Å². The molecule has 1 heterocycles.